The molecule has 0 unspecified atom stereocenters. The molecule has 0 spiro atoms. The lowest BCUT2D eigenvalue weighted by atomic mass is 10.1. The van der Waals surface area contributed by atoms with E-state index in [0.29, 0.717) is 6.61 Å². The van der Waals surface area contributed by atoms with Crippen molar-refractivity contribution in [3.05, 3.63) is 5.82 Å². The van der Waals surface area contributed by atoms with Crippen molar-refractivity contribution in [1.82, 2.24) is 25.1 Å². The third kappa shape index (κ3) is 3.24. The van der Waals surface area contributed by atoms with Crippen LogP contribution in [0.3, 0.4) is 0 Å². The number of aromatic nitrogens is 4. The van der Waals surface area contributed by atoms with Crippen LogP contribution < -0.4 is 0 Å². The SMILES string of the molecule is COC[C@H]1CN(Cc2nnnn2C)CC(C)(C)O1. The van der Waals surface area contributed by atoms with E-state index in [1.165, 1.54) is 0 Å². The van der Waals surface area contributed by atoms with Crippen LogP contribution in [0.5, 0.6) is 0 Å². The molecule has 18 heavy (non-hydrogen) atoms. The van der Waals surface area contributed by atoms with Crippen LogP contribution in [0.4, 0.5) is 0 Å². The van der Waals surface area contributed by atoms with Crippen molar-refractivity contribution in [2.75, 3.05) is 26.8 Å². The normalized spacial score (nSPS) is 24.3. The molecule has 1 aliphatic rings. The molecule has 0 radical (unpaired) electrons. The summed E-state index contributed by atoms with van der Waals surface area (Å²) < 4.78 is 12.9. The molecular formula is C11H21N5O2. The molecule has 1 aliphatic heterocycles. The van der Waals surface area contributed by atoms with Gasteiger partial charge in [-0.1, -0.05) is 0 Å². The van der Waals surface area contributed by atoms with Crippen molar-refractivity contribution < 1.29 is 9.47 Å². The molecule has 102 valence electrons. The van der Waals surface area contributed by atoms with Gasteiger partial charge in [0, 0.05) is 27.2 Å². The average Bonchev–Trinajstić information content (AvgIpc) is 2.62. The number of rotatable bonds is 4. The minimum absolute atomic E-state index is 0.0972. The van der Waals surface area contributed by atoms with E-state index in [4.69, 9.17) is 9.47 Å². The maximum Gasteiger partial charge on any atom is 0.164 e. The van der Waals surface area contributed by atoms with Gasteiger partial charge in [-0.3, -0.25) is 4.90 Å². The Morgan fingerprint density at radius 3 is 2.89 bits per heavy atom. The van der Waals surface area contributed by atoms with Gasteiger partial charge in [0.1, 0.15) is 0 Å². The lowest BCUT2D eigenvalue weighted by Crippen LogP contribution is -2.53. The number of tetrazole rings is 1. The smallest absolute Gasteiger partial charge is 0.164 e. The largest absolute Gasteiger partial charge is 0.382 e. The van der Waals surface area contributed by atoms with Crippen LogP contribution in [0.25, 0.3) is 0 Å². The summed E-state index contributed by atoms with van der Waals surface area (Å²) in [5, 5.41) is 11.5. The lowest BCUT2D eigenvalue weighted by Gasteiger charge is -2.42. The summed E-state index contributed by atoms with van der Waals surface area (Å²) in [7, 11) is 3.55. The summed E-state index contributed by atoms with van der Waals surface area (Å²) in [5.74, 6) is 0.865. The number of aryl methyl sites for hydroxylation is 1. The Bertz CT molecular complexity index is 393. The van der Waals surface area contributed by atoms with Gasteiger partial charge in [0.15, 0.2) is 5.82 Å². The van der Waals surface area contributed by atoms with Crippen molar-refractivity contribution in [1.29, 1.82) is 0 Å². The van der Waals surface area contributed by atoms with Crippen LogP contribution >= 0.6 is 0 Å². The van der Waals surface area contributed by atoms with Crippen molar-refractivity contribution in [2.24, 2.45) is 7.05 Å². The fourth-order valence-electron chi connectivity index (χ4n) is 2.39. The van der Waals surface area contributed by atoms with E-state index in [0.717, 1.165) is 25.5 Å². The predicted octanol–water partition coefficient (Wildman–Crippen LogP) is -0.164. The first-order valence-electron chi connectivity index (χ1n) is 6.10. The summed E-state index contributed by atoms with van der Waals surface area (Å²) in [6.45, 7) is 7.23. The Balaban J connectivity index is 2.01. The topological polar surface area (TPSA) is 65.3 Å². The summed E-state index contributed by atoms with van der Waals surface area (Å²) in [4.78, 5) is 2.30. The lowest BCUT2D eigenvalue weighted by molar-refractivity contribution is -0.154. The molecule has 2 heterocycles. The number of nitrogens with zero attached hydrogens (tertiary/aromatic N) is 5. The molecule has 0 N–H and O–H groups in total. The summed E-state index contributed by atoms with van der Waals surface area (Å²) in [6, 6.07) is 0. The molecule has 7 nitrogen and oxygen atoms in total. The van der Waals surface area contributed by atoms with Crippen molar-refractivity contribution >= 4 is 0 Å². The standard InChI is InChI=1S/C11H21N5O2/c1-11(2)8-16(5-9(18-11)7-17-4)6-10-12-13-14-15(10)3/h9H,5-8H2,1-4H3/t9-/m1/s1. The first-order valence-corrected chi connectivity index (χ1v) is 6.10. The maximum absolute atomic E-state index is 5.97. The molecule has 0 aliphatic carbocycles. The second-order valence-electron chi connectivity index (χ2n) is 5.34. The summed E-state index contributed by atoms with van der Waals surface area (Å²) in [6.07, 6.45) is 0.0972. The molecular weight excluding hydrogens is 234 g/mol. The molecule has 0 aromatic carbocycles. The number of morpholine rings is 1. The quantitative estimate of drug-likeness (QED) is 0.744. The van der Waals surface area contributed by atoms with Crippen molar-refractivity contribution in [3.63, 3.8) is 0 Å². The molecule has 1 fully saturated rings. The molecule has 0 bridgehead atoms. The van der Waals surface area contributed by atoms with Crippen LogP contribution in [-0.2, 0) is 23.1 Å². The first kappa shape index (κ1) is 13.4. The molecule has 1 atom stereocenters. The molecule has 7 heteroatoms. The third-order valence-electron chi connectivity index (χ3n) is 2.98. The van der Waals surface area contributed by atoms with E-state index in [9.17, 15) is 0 Å². The molecule has 1 aromatic heterocycles. The third-order valence-corrected chi connectivity index (χ3v) is 2.98. The Kier molecular flexibility index (Phi) is 3.94. The van der Waals surface area contributed by atoms with Crippen LogP contribution in [0.1, 0.15) is 19.7 Å². The minimum Gasteiger partial charge on any atom is -0.382 e. The fourth-order valence-corrected chi connectivity index (χ4v) is 2.39. The summed E-state index contributed by atoms with van der Waals surface area (Å²) in [5.41, 5.74) is -0.173. The highest BCUT2D eigenvalue weighted by Crippen LogP contribution is 2.22. The van der Waals surface area contributed by atoms with Gasteiger partial charge in [0.2, 0.25) is 0 Å². The molecule has 1 saturated heterocycles. The van der Waals surface area contributed by atoms with Gasteiger partial charge in [0.05, 0.1) is 24.9 Å². The van der Waals surface area contributed by atoms with E-state index in [-0.39, 0.29) is 11.7 Å². The minimum atomic E-state index is -0.173. The molecule has 0 saturated carbocycles. The zero-order valence-electron chi connectivity index (χ0n) is 11.5. The van der Waals surface area contributed by atoms with Gasteiger partial charge >= 0.3 is 0 Å². The van der Waals surface area contributed by atoms with E-state index >= 15 is 0 Å². The Morgan fingerprint density at radius 1 is 1.50 bits per heavy atom. The van der Waals surface area contributed by atoms with Crippen molar-refractivity contribution in [3.8, 4) is 0 Å². The zero-order chi connectivity index (χ0) is 13.2. The van der Waals surface area contributed by atoms with E-state index < -0.39 is 0 Å². The van der Waals surface area contributed by atoms with Gasteiger partial charge in [-0.2, -0.15) is 0 Å². The number of hydrogen-bond donors (Lipinski definition) is 0. The second-order valence-corrected chi connectivity index (χ2v) is 5.34. The number of hydrogen-bond acceptors (Lipinski definition) is 6. The Hall–Kier alpha value is -1.05. The van der Waals surface area contributed by atoms with E-state index in [1.807, 2.05) is 7.05 Å². The number of methoxy groups -OCH3 is 1. The predicted molar refractivity (Wildman–Crippen MR) is 64.9 cm³/mol. The highest BCUT2D eigenvalue weighted by molar-refractivity contribution is 4.88. The highest BCUT2D eigenvalue weighted by atomic mass is 16.5. The van der Waals surface area contributed by atoms with Crippen LogP contribution in [-0.4, -0.2) is 63.6 Å². The first-order chi connectivity index (χ1) is 8.50. The Morgan fingerprint density at radius 2 is 2.28 bits per heavy atom. The van der Waals surface area contributed by atoms with Gasteiger partial charge in [-0.25, -0.2) is 4.68 Å². The molecule has 0 amide bonds. The maximum atomic E-state index is 5.97. The van der Waals surface area contributed by atoms with Crippen molar-refractivity contribution in [2.45, 2.75) is 32.1 Å². The fraction of sp³-hybridized carbons (Fsp3) is 0.909. The van der Waals surface area contributed by atoms with Gasteiger partial charge in [-0.15, -0.1) is 5.10 Å². The molecule has 1 aromatic rings. The second kappa shape index (κ2) is 5.29. The van der Waals surface area contributed by atoms with Crippen LogP contribution in [0.15, 0.2) is 0 Å². The van der Waals surface area contributed by atoms with Gasteiger partial charge in [-0.05, 0) is 24.3 Å². The van der Waals surface area contributed by atoms with Crippen LogP contribution in [0.2, 0.25) is 0 Å². The molecule has 2 rings (SSSR count). The van der Waals surface area contributed by atoms with E-state index in [1.54, 1.807) is 11.8 Å². The van der Waals surface area contributed by atoms with Gasteiger partial charge in [0.25, 0.3) is 0 Å². The highest BCUT2D eigenvalue weighted by Gasteiger charge is 2.33. The van der Waals surface area contributed by atoms with Crippen LogP contribution in [0, 0.1) is 0 Å². The monoisotopic (exact) mass is 255 g/mol. The van der Waals surface area contributed by atoms with Gasteiger partial charge < -0.3 is 9.47 Å². The van der Waals surface area contributed by atoms with E-state index in [2.05, 4.69) is 34.3 Å². The average molecular weight is 255 g/mol. The Labute approximate surface area is 107 Å². The zero-order valence-corrected chi connectivity index (χ0v) is 11.5. The number of ether oxygens (including phenoxy) is 2. The summed E-state index contributed by atoms with van der Waals surface area (Å²) >= 11 is 0.